The molecule has 35 heavy (non-hydrogen) atoms. The van der Waals surface area contributed by atoms with Crippen molar-refractivity contribution in [2.24, 2.45) is 0 Å². The molecule has 8 nitrogen and oxygen atoms in total. The smallest absolute Gasteiger partial charge is 0.350 e. The molecule has 5 rings (SSSR count). The number of fused-ring (bicyclic) bond motifs is 2. The summed E-state index contributed by atoms with van der Waals surface area (Å²) in [5, 5.41) is 0.233. The van der Waals surface area contributed by atoms with Crippen LogP contribution in [0.1, 0.15) is 50.0 Å². The monoisotopic (exact) mass is 494 g/mol. The fraction of sp³-hybridized carbons (Fsp3) is 0.200. The summed E-state index contributed by atoms with van der Waals surface area (Å²) in [6.45, 7) is 3.53. The van der Waals surface area contributed by atoms with Crippen LogP contribution in [0.4, 0.5) is 9.52 Å². The van der Waals surface area contributed by atoms with Gasteiger partial charge in [0, 0.05) is 0 Å². The molecule has 1 atom stereocenters. The minimum absolute atomic E-state index is 0.0273. The molecule has 2 aromatic carbocycles. The van der Waals surface area contributed by atoms with Crippen LogP contribution in [0.25, 0.3) is 11.0 Å². The fourth-order valence-electron chi connectivity index (χ4n) is 4.12. The Balaban J connectivity index is 1.74. The minimum Gasteiger partial charge on any atom is -0.497 e. The number of aryl methyl sites for hydroxylation is 1. The highest BCUT2D eigenvalue weighted by molar-refractivity contribution is 7.17. The number of thiazole rings is 1. The van der Waals surface area contributed by atoms with E-state index in [0.717, 1.165) is 23.5 Å². The maximum absolute atomic E-state index is 14.0. The van der Waals surface area contributed by atoms with Crippen LogP contribution in [0.3, 0.4) is 0 Å². The molecule has 0 fully saturated rings. The van der Waals surface area contributed by atoms with Gasteiger partial charge in [0.05, 0.1) is 36.4 Å². The van der Waals surface area contributed by atoms with Crippen molar-refractivity contribution in [2.75, 3.05) is 18.6 Å². The summed E-state index contributed by atoms with van der Waals surface area (Å²) < 4.78 is 30.1. The first-order valence-corrected chi connectivity index (χ1v) is 11.5. The molecule has 0 aliphatic carbocycles. The third kappa shape index (κ3) is 3.66. The van der Waals surface area contributed by atoms with Gasteiger partial charge in [-0.1, -0.05) is 23.5 Å². The predicted octanol–water partition coefficient (Wildman–Crippen LogP) is 4.63. The van der Waals surface area contributed by atoms with Crippen LogP contribution >= 0.6 is 11.3 Å². The van der Waals surface area contributed by atoms with Crippen LogP contribution in [0.2, 0.25) is 0 Å². The summed E-state index contributed by atoms with van der Waals surface area (Å²) in [4.78, 5) is 45.6. The molecular formula is C25H19FN2O6S. The molecule has 0 N–H and O–H groups in total. The molecule has 0 unspecified atom stereocenters. The Morgan fingerprint density at radius 1 is 1.20 bits per heavy atom. The van der Waals surface area contributed by atoms with E-state index in [9.17, 15) is 18.8 Å². The van der Waals surface area contributed by atoms with Crippen molar-refractivity contribution in [1.82, 2.24) is 4.98 Å². The highest BCUT2D eigenvalue weighted by Gasteiger charge is 2.45. The fourth-order valence-corrected chi connectivity index (χ4v) is 5.10. The number of esters is 1. The lowest BCUT2D eigenvalue weighted by Gasteiger charge is -2.22. The third-order valence-electron chi connectivity index (χ3n) is 5.72. The van der Waals surface area contributed by atoms with E-state index in [0.29, 0.717) is 17.0 Å². The number of methoxy groups -OCH3 is 1. The Morgan fingerprint density at radius 2 is 1.94 bits per heavy atom. The number of hydrogen-bond acceptors (Lipinski definition) is 8. The van der Waals surface area contributed by atoms with E-state index >= 15 is 0 Å². The molecule has 0 spiro atoms. The molecule has 178 valence electrons. The number of halogens is 1. The van der Waals surface area contributed by atoms with Gasteiger partial charge in [-0.05, 0) is 49.7 Å². The van der Waals surface area contributed by atoms with E-state index in [2.05, 4.69) is 4.98 Å². The van der Waals surface area contributed by atoms with Crippen molar-refractivity contribution in [3.63, 3.8) is 0 Å². The van der Waals surface area contributed by atoms with Gasteiger partial charge >= 0.3 is 5.97 Å². The number of hydrogen-bond donors (Lipinski definition) is 0. The van der Waals surface area contributed by atoms with Crippen LogP contribution in [-0.2, 0) is 4.74 Å². The number of anilines is 1. The number of rotatable bonds is 5. The van der Waals surface area contributed by atoms with Gasteiger partial charge in [-0.2, -0.15) is 0 Å². The number of carbonyl (C=O) groups is 2. The van der Waals surface area contributed by atoms with Crippen LogP contribution in [-0.4, -0.2) is 30.6 Å². The molecule has 4 aromatic rings. The van der Waals surface area contributed by atoms with Crippen molar-refractivity contribution in [2.45, 2.75) is 19.9 Å². The first kappa shape index (κ1) is 22.7. The Morgan fingerprint density at radius 3 is 2.63 bits per heavy atom. The topological polar surface area (TPSA) is 98.9 Å². The van der Waals surface area contributed by atoms with Gasteiger partial charge in [0.2, 0.25) is 5.76 Å². The summed E-state index contributed by atoms with van der Waals surface area (Å²) in [5.41, 5.74) is 0.639. The Hall–Kier alpha value is -4.05. The normalized spacial score (nSPS) is 14.9. The number of amides is 1. The van der Waals surface area contributed by atoms with Crippen molar-refractivity contribution < 1.29 is 27.9 Å². The van der Waals surface area contributed by atoms with Crippen LogP contribution < -0.4 is 15.1 Å². The molecule has 0 saturated carbocycles. The van der Waals surface area contributed by atoms with Crippen molar-refractivity contribution in [3.8, 4) is 5.75 Å². The van der Waals surface area contributed by atoms with Gasteiger partial charge in [-0.3, -0.25) is 14.5 Å². The summed E-state index contributed by atoms with van der Waals surface area (Å²) in [7, 11) is 1.53. The van der Waals surface area contributed by atoms with Crippen molar-refractivity contribution in [1.29, 1.82) is 0 Å². The molecule has 3 heterocycles. The lowest BCUT2D eigenvalue weighted by molar-refractivity contribution is 0.0531. The van der Waals surface area contributed by atoms with E-state index in [4.69, 9.17) is 13.9 Å². The molecule has 0 bridgehead atoms. The van der Waals surface area contributed by atoms with Gasteiger partial charge in [-0.25, -0.2) is 14.2 Å². The maximum Gasteiger partial charge on any atom is 0.350 e. The molecule has 1 aliphatic heterocycles. The van der Waals surface area contributed by atoms with Gasteiger partial charge < -0.3 is 13.9 Å². The zero-order valence-electron chi connectivity index (χ0n) is 19.0. The molecule has 1 aliphatic rings. The van der Waals surface area contributed by atoms with Gasteiger partial charge in [0.25, 0.3) is 5.91 Å². The largest absolute Gasteiger partial charge is 0.497 e. The molecule has 0 radical (unpaired) electrons. The number of aromatic nitrogens is 1. The molecule has 1 amide bonds. The minimum atomic E-state index is -0.909. The lowest BCUT2D eigenvalue weighted by Crippen LogP contribution is -2.29. The molecule has 10 heteroatoms. The van der Waals surface area contributed by atoms with E-state index in [1.165, 1.54) is 18.1 Å². The van der Waals surface area contributed by atoms with Gasteiger partial charge in [0.15, 0.2) is 10.6 Å². The van der Waals surface area contributed by atoms with E-state index in [-0.39, 0.29) is 38.9 Å². The second-order valence-corrected chi connectivity index (χ2v) is 8.77. The Labute approximate surface area is 202 Å². The average molecular weight is 495 g/mol. The SMILES string of the molecule is CCOC(=O)c1sc(N2C(=O)c3oc4ccc(F)cc4c(=O)c3[C@H]2c2ccc(OC)cc2)nc1C. The van der Waals surface area contributed by atoms with Crippen LogP contribution in [0, 0.1) is 12.7 Å². The number of benzene rings is 2. The highest BCUT2D eigenvalue weighted by atomic mass is 32.1. The number of ether oxygens (including phenoxy) is 2. The summed E-state index contributed by atoms with van der Waals surface area (Å²) >= 11 is 0.989. The predicted molar refractivity (Wildman–Crippen MR) is 127 cm³/mol. The zero-order chi connectivity index (χ0) is 24.9. The molecule has 2 aromatic heterocycles. The molecule has 0 saturated heterocycles. The summed E-state index contributed by atoms with van der Waals surface area (Å²) in [5.74, 6) is -1.29. The standard InChI is InChI=1S/C25H19FN2O6S/c1-4-33-24(31)22-12(2)27-25(35-22)28-19(13-5-8-15(32-3)9-6-13)18-20(29)16-11-14(26)7-10-17(16)34-21(18)23(28)30/h5-11,19H,4H2,1-3H3/t19-/m1/s1. The summed E-state index contributed by atoms with van der Waals surface area (Å²) in [6.07, 6.45) is 0. The Bertz CT molecular complexity index is 1540. The number of carbonyl (C=O) groups excluding carboxylic acids is 2. The van der Waals surface area contributed by atoms with Crippen LogP contribution in [0.5, 0.6) is 5.75 Å². The van der Waals surface area contributed by atoms with Crippen molar-refractivity contribution >= 4 is 39.3 Å². The third-order valence-corrected chi connectivity index (χ3v) is 6.85. The van der Waals surface area contributed by atoms with E-state index in [1.54, 1.807) is 38.1 Å². The van der Waals surface area contributed by atoms with Gasteiger partial charge in [-0.15, -0.1) is 0 Å². The highest BCUT2D eigenvalue weighted by Crippen LogP contribution is 2.43. The van der Waals surface area contributed by atoms with E-state index in [1.807, 2.05) is 0 Å². The van der Waals surface area contributed by atoms with Crippen molar-refractivity contribution in [3.05, 3.63) is 86.0 Å². The second-order valence-electron chi connectivity index (χ2n) is 7.80. The van der Waals surface area contributed by atoms with E-state index < -0.39 is 29.2 Å². The zero-order valence-corrected chi connectivity index (χ0v) is 19.8. The first-order chi connectivity index (χ1) is 16.8. The Kier molecular flexibility index (Phi) is 5.60. The van der Waals surface area contributed by atoms with Crippen LogP contribution in [0.15, 0.2) is 51.7 Å². The number of nitrogens with zero attached hydrogens (tertiary/aromatic N) is 2. The summed E-state index contributed by atoms with van der Waals surface area (Å²) in [6, 6.07) is 9.51. The first-order valence-electron chi connectivity index (χ1n) is 10.7. The maximum atomic E-state index is 14.0. The lowest BCUT2D eigenvalue weighted by atomic mass is 9.98. The quantitative estimate of drug-likeness (QED) is 0.373. The van der Waals surface area contributed by atoms with Gasteiger partial charge in [0.1, 0.15) is 22.0 Å². The second kappa shape index (κ2) is 8.62. The average Bonchev–Trinajstić information content (AvgIpc) is 3.37. The molecular weight excluding hydrogens is 475 g/mol.